The molecule has 21 heavy (non-hydrogen) atoms. The van der Waals surface area contributed by atoms with Crippen LogP contribution in [0, 0.1) is 33.3 Å². The molecule has 7 nitrogen and oxygen atoms in total. The maximum Gasteiger partial charge on any atom is 0.0803 e. The van der Waals surface area contributed by atoms with Gasteiger partial charge in [0, 0.05) is 19.8 Å². The predicted octanol–water partition coefficient (Wildman–Crippen LogP) is 1.12. The zero-order chi connectivity index (χ0) is 14.3. The summed E-state index contributed by atoms with van der Waals surface area (Å²) in [5, 5.41) is 12.1. The van der Waals surface area contributed by atoms with E-state index in [9.17, 15) is 0 Å². The van der Waals surface area contributed by atoms with Crippen molar-refractivity contribution in [2.75, 3.05) is 24.1 Å². The van der Waals surface area contributed by atoms with E-state index in [1.807, 2.05) is 51.1 Å². The maximum atomic E-state index is 4.57. The standard InChI is InChI=1S/C13H16N7.Os/c1-10-12(19-8-17(3)6-14-19)5-13(11(2)16-10)20-9-18(4)7-15-20;/h6-9H,1-4H3;/q-3;. The number of anilines is 2. The first-order chi connectivity index (χ1) is 9.54. The molecule has 0 N–H and O–H groups in total. The molecule has 0 saturated heterocycles. The Kier molecular flexibility index (Phi) is 4.48. The number of rotatable bonds is 2. The van der Waals surface area contributed by atoms with E-state index in [2.05, 4.69) is 21.3 Å². The molecule has 0 saturated carbocycles. The van der Waals surface area contributed by atoms with Crippen molar-refractivity contribution in [3.63, 3.8) is 0 Å². The van der Waals surface area contributed by atoms with Crippen LogP contribution < -0.4 is 10.0 Å². The molecule has 0 amide bonds. The van der Waals surface area contributed by atoms with E-state index in [0.717, 1.165) is 22.8 Å². The molecule has 0 fully saturated rings. The first kappa shape index (κ1) is 15.7. The van der Waals surface area contributed by atoms with Gasteiger partial charge in [0.2, 0.25) is 0 Å². The monoisotopic (exact) mass is 462 g/mol. The Balaban J connectivity index is 0.00000161. The van der Waals surface area contributed by atoms with Crippen molar-refractivity contribution in [3.05, 3.63) is 30.8 Å². The Hall–Kier alpha value is -1.67. The minimum Gasteiger partial charge on any atom is -0.493 e. The Morgan fingerprint density at radius 1 is 0.905 bits per heavy atom. The fourth-order valence-corrected chi connectivity index (χ4v) is 2.07. The van der Waals surface area contributed by atoms with Gasteiger partial charge in [-0.3, -0.25) is 0 Å². The third-order valence-electron chi connectivity index (χ3n) is 3.02. The molecule has 0 atom stereocenters. The first-order valence-electron chi connectivity index (χ1n) is 6.25. The van der Waals surface area contributed by atoms with Gasteiger partial charge in [-0.05, 0) is 14.1 Å². The summed E-state index contributed by atoms with van der Waals surface area (Å²) in [6.07, 6.45) is 3.47. The van der Waals surface area contributed by atoms with Crippen molar-refractivity contribution in [1.29, 1.82) is 0 Å². The molecule has 0 spiro atoms. The fourth-order valence-electron chi connectivity index (χ4n) is 2.07. The maximum absolute atomic E-state index is 4.57. The molecule has 0 aliphatic carbocycles. The molecule has 0 radical (unpaired) electrons. The van der Waals surface area contributed by atoms with Crippen molar-refractivity contribution < 1.29 is 19.8 Å². The molecule has 114 valence electrons. The number of hydrogen-bond donors (Lipinski definition) is 0. The van der Waals surface area contributed by atoms with Crippen LogP contribution >= 0.6 is 0 Å². The SMILES string of the molecule is Cc1nc(C)c(N2[CH-]N(C)C=N2)[c-]c1N1[CH-]N(C)C=N1.[Os]. The molecule has 3 rings (SSSR count). The molecule has 8 heteroatoms. The zero-order valence-corrected chi connectivity index (χ0v) is 14.8. The van der Waals surface area contributed by atoms with Crippen LogP contribution in [0.1, 0.15) is 11.4 Å². The quantitative estimate of drug-likeness (QED) is 0.620. The van der Waals surface area contributed by atoms with Crippen LogP contribution in [0.4, 0.5) is 11.4 Å². The van der Waals surface area contributed by atoms with Gasteiger partial charge in [0.15, 0.2) is 0 Å². The van der Waals surface area contributed by atoms with E-state index in [0.29, 0.717) is 0 Å². The van der Waals surface area contributed by atoms with Crippen LogP contribution in [0.25, 0.3) is 0 Å². The molecular formula is C13H16N7Os-3. The van der Waals surface area contributed by atoms with Crippen LogP contribution in [0.2, 0.25) is 0 Å². The summed E-state index contributed by atoms with van der Waals surface area (Å²) >= 11 is 0. The number of aryl methyl sites for hydroxylation is 2. The number of nitrogens with zero attached hydrogens (tertiary/aromatic N) is 7. The summed E-state index contributed by atoms with van der Waals surface area (Å²) in [7, 11) is 3.85. The second kappa shape index (κ2) is 5.98. The van der Waals surface area contributed by atoms with Gasteiger partial charge in [0.05, 0.1) is 12.7 Å². The van der Waals surface area contributed by atoms with Crippen molar-refractivity contribution in [2.24, 2.45) is 10.2 Å². The number of aromatic nitrogens is 1. The van der Waals surface area contributed by atoms with Gasteiger partial charge in [-0.25, -0.2) is 0 Å². The number of hydrazone groups is 2. The molecule has 2 aliphatic rings. The smallest absolute Gasteiger partial charge is 0.0803 e. The van der Waals surface area contributed by atoms with Gasteiger partial charge in [-0.1, -0.05) is 36.6 Å². The van der Waals surface area contributed by atoms with E-state index < -0.39 is 0 Å². The summed E-state index contributed by atoms with van der Waals surface area (Å²) in [4.78, 5) is 8.32. The molecular weight excluding hydrogens is 444 g/mol. The van der Waals surface area contributed by atoms with Gasteiger partial charge in [0.1, 0.15) is 0 Å². The molecule has 1 aromatic rings. The van der Waals surface area contributed by atoms with E-state index >= 15 is 0 Å². The van der Waals surface area contributed by atoms with Gasteiger partial charge in [-0.15, -0.1) is 19.4 Å². The van der Waals surface area contributed by atoms with Crippen molar-refractivity contribution in [3.8, 4) is 0 Å². The van der Waals surface area contributed by atoms with Crippen molar-refractivity contribution >= 4 is 24.1 Å². The van der Waals surface area contributed by atoms with Crippen LogP contribution in [0.5, 0.6) is 0 Å². The molecule has 1 aromatic heterocycles. The Bertz CT molecular complexity index is 539. The van der Waals surface area contributed by atoms with Crippen LogP contribution in [0.15, 0.2) is 10.2 Å². The molecule has 0 bridgehead atoms. The largest absolute Gasteiger partial charge is 0.493 e. The summed E-state index contributed by atoms with van der Waals surface area (Å²) in [6, 6.07) is 3.35. The Morgan fingerprint density at radius 3 is 1.67 bits per heavy atom. The molecule has 2 aliphatic heterocycles. The second-order valence-corrected chi connectivity index (χ2v) is 4.82. The van der Waals surface area contributed by atoms with E-state index in [-0.39, 0.29) is 19.8 Å². The van der Waals surface area contributed by atoms with Gasteiger partial charge < -0.3 is 24.8 Å². The van der Waals surface area contributed by atoms with Gasteiger partial charge >= 0.3 is 0 Å². The Morgan fingerprint density at radius 2 is 1.33 bits per heavy atom. The molecule has 0 unspecified atom stereocenters. The third kappa shape index (κ3) is 3.00. The van der Waals surface area contributed by atoms with Crippen LogP contribution in [0.3, 0.4) is 0 Å². The normalized spacial score (nSPS) is 17.0. The number of hydrogen-bond acceptors (Lipinski definition) is 7. The van der Waals surface area contributed by atoms with Gasteiger partial charge in [-0.2, -0.15) is 10.2 Å². The zero-order valence-electron chi connectivity index (χ0n) is 12.3. The van der Waals surface area contributed by atoms with Crippen LogP contribution in [-0.2, 0) is 19.8 Å². The summed E-state index contributed by atoms with van der Waals surface area (Å²) < 4.78 is 0. The van der Waals surface area contributed by atoms with Crippen molar-refractivity contribution in [1.82, 2.24) is 14.8 Å². The second-order valence-electron chi connectivity index (χ2n) is 4.82. The van der Waals surface area contributed by atoms with Gasteiger partial charge in [0.25, 0.3) is 0 Å². The molecule has 0 aromatic carbocycles. The summed E-state index contributed by atoms with van der Waals surface area (Å²) in [5.74, 6) is 0. The predicted molar refractivity (Wildman–Crippen MR) is 78.6 cm³/mol. The molecule has 3 heterocycles. The minimum absolute atomic E-state index is 0. The average molecular weight is 461 g/mol. The summed E-state index contributed by atoms with van der Waals surface area (Å²) in [6.45, 7) is 7.66. The average Bonchev–Trinajstić information content (AvgIpc) is 2.99. The van der Waals surface area contributed by atoms with E-state index in [1.165, 1.54) is 0 Å². The summed E-state index contributed by atoms with van der Waals surface area (Å²) in [5.41, 5.74) is 3.41. The first-order valence-corrected chi connectivity index (χ1v) is 6.25. The van der Waals surface area contributed by atoms with E-state index in [1.54, 1.807) is 22.7 Å². The van der Waals surface area contributed by atoms with Crippen molar-refractivity contribution in [2.45, 2.75) is 13.8 Å². The van der Waals surface area contributed by atoms with E-state index in [4.69, 9.17) is 0 Å². The fraction of sp³-hybridized carbons (Fsp3) is 0.308. The minimum atomic E-state index is 0. The van der Waals surface area contributed by atoms with Crippen LogP contribution in [-0.4, -0.2) is 41.6 Å². The Labute approximate surface area is 138 Å². The topological polar surface area (TPSA) is 50.6 Å². The number of pyridine rings is 1. The third-order valence-corrected chi connectivity index (χ3v) is 3.02.